The summed E-state index contributed by atoms with van der Waals surface area (Å²) in [7, 11) is 0. The Labute approximate surface area is 203 Å². The lowest BCUT2D eigenvalue weighted by Crippen LogP contribution is -2.56. The fourth-order valence-electron chi connectivity index (χ4n) is 4.25. The van der Waals surface area contributed by atoms with Crippen LogP contribution in [0.1, 0.15) is 18.5 Å². The molecule has 1 fully saturated rings. The van der Waals surface area contributed by atoms with E-state index in [0.29, 0.717) is 22.5 Å². The molecule has 0 aliphatic carbocycles. The first kappa shape index (κ1) is 23.1. The number of nitrogens with one attached hydrogen (secondary N) is 1. The van der Waals surface area contributed by atoms with Gasteiger partial charge in [-0.2, -0.15) is 0 Å². The van der Waals surface area contributed by atoms with E-state index in [1.165, 1.54) is 34.2 Å². The number of carbonyl (C=O) groups excluding carboxylic acids is 2. The number of nitrogens with zero attached hydrogens (tertiary/aromatic N) is 4. The van der Waals surface area contributed by atoms with Gasteiger partial charge in [-0.05, 0) is 31.2 Å². The first-order valence-corrected chi connectivity index (χ1v) is 11.2. The molecule has 3 aromatic rings. The number of alkyl halides is 2. The minimum absolute atomic E-state index is 0.0877. The Bertz CT molecular complexity index is 1340. The van der Waals surface area contributed by atoms with Crippen LogP contribution in [0.15, 0.2) is 48.8 Å². The van der Waals surface area contributed by atoms with Crippen LogP contribution in [0.2, 0.25) is 5.02 Å². The Hall–Kier alpha value is -3.66. The van der Waals surface area contributed by atoms with Crippen molar-refractivity contribution in [2.45, 2.75) is 18.8 Å². The number of halogens is 4. The van der Waals surface area contributed by atoms with Gasteiger partial charge in [-0.15, -0.1) is 0 Å². The zero-order valence-electron chi connectivity index (χ0n) is 18.4. The average Bonchev–Trinajstić information content (AvgIpc) is 2.89. The lowest BCUT2D eigenvalue weighted by atomic mass is 9.98. The van der Waals surface area contributed by atoms with Crippen molar-refractivity contribution < 1.29 is 22.8 Å². The molecule has 4 heterocycles. The first-order chi connectivity index (χ1) is 16.6. The molecular formula is C24H19ClF3N5O2. The van der Waals surface area contributed by atoms with Crippen molar-refractivity contribution in [3.63, 3.8) is 0 Å². The number of pyridine rings is 2. The van der Waals surface area contributed by atoms with E-state index >= 15 is 0 Å². The number of hydrogen-bond acceptors (Lipinski definition) is 5. The highest BCUT2D eigenvalue weighted by Crippen LogP contribution is 2.42. The molecule has 5 rings (SSSR count). The summed E-state index contributed by atoms with van der Waals surface area (Å²) in [5.41, 5.74) is 2.26. The Balaban J connectivity index is 1.52. The number of amides is 2. The van der Waals surface area contributed by atoms with E-state index in [1.54, 1.807) is 25.3 Å². The number of fused-ring (bicyclic) bond motifs is 3. The number of hydrogen-bond donors (Lipinski definition) is 1. The maximum Gasteiger partial charge on any atom is 0.282 e. The molecule has 2 aliphatic rings. The number of benzene rings is 1. The van der Waals surface area contributed by atoms with Crippen LogP contribution in [0, 0.1) is 5.82 Å². The summed E-state index contributed by atoms with van der Waals surface area (Å²) in [6, 6.07) is 8.88. The Morgan fingerprint density at radius 3 is 2.69 bits per heavy atom. The molecule has 1 unspecified atom stereocenters. The van der Waals surface area contributed by atoms with Crippen molar-refractivity contribution in [1.29, 1.82) is 0 Å². The van der Waals surface area contributed by atoms with Gasteiger partial charge >= 0.3 is 0 Å². The fourth-order valence-corrected chi connectivity index (χ4v) is 4.37. The molecule has 0 saturated carbocycles. The van der Waals surface area contributed by atoms with Crippen molar-refractivity contribution in [1.82, 2.24) is 9.97 Å². The molecule has 11 heteroatoms. The maximum atomic E-state index is 13.8. The van der Waals surface area contributed by atoms with Crippen LogP contribution in [0.25, 0.3) is 11.1 Å². The van der Waals surface area contributed by atoms with Gasteiger partial charge in [0.1, 0.15) is 18.2 Å². The van der Waals surface area contributed by atoms with Crippen molar-refractivity contribution in [2.24, 2.45) is 0 Å². The third-order valence-corrected chi connectivity index (χ3v) is 6.31. The minimum Gasteiger partial charge on any atom is -0.344 e. The van der Waals surface area contributed by atoms with Gasteiger partial charge in [0.15, 0.2) is 0 Å². The highest BCUT2D eigenvalue weighted by atomic mass is 35.5. The molecule has 35 heavy (non-hydrogen) atoms. The number of aromatic nitrogens is 2. The van der Waals surface area contributed by atoms with Gasteiger partial charge in [-0.25, -0.2) is 18.2 Å². The smallest absolute Gasteiger partial charge is 0.282 e. The SMILES string of the molecule is CC1C(=O)N(CC(=O)Nc2ccc(Cl)c(F)c2)c2cc(N3CC(F)(F)C3)ncc2-c2cccnc21. The van der Waals surface area contributed by atoms with Gasteiger partial charge in [0.05, 0.1) is 35.4 Å². The van der Waals surface area contributed by atoms with Crippen LogP contribution in [-0.4, -0.2) is 47.3 Å². The number of anilines is 3. The molecule has 0 radical (unpaired) electrons. The maximum absolute atomic E-state index is 13.8. The van der Waals surface area contributed by atoms with E-state index in [2.05, 4.69) is 15.3 Å². The average molecular weight is 502 g/mol. The van der Waals surface area contributed by atoms with Crippen molar-refractivity contribution in [2.75, 3.05) is 34.8 Å². The second-order valence-corrected chi connectivity index (χ2v) is 8.94. The predicted molar refractivity (Wildman–Crippen MR) is 125 cm³/mol. The molecule has 0 bridgehead atoms. The van der Waals surface area contributed by atoms with E-state index < -0.39 is 49.1 Å². The molecule has 0 spiro atoms. The summed E-state index contributed by atoms with van der Waals surface area (Å²) in [5, 5.41) is 2.48. The monoisotopic (exact) mass is 501 g/mol. The minimum atomic E-state index is -2.80. The van der Waals surface area contributed by atoms with Gasteiger partial charge in [0.2, 0.25) is 11.8 Å². The van der Waals surface area contributed by atoms with Crippen LogP contribution in [-0.2, 0) is 9.59 Å². The van der Waals surface area contributed by atoms with E-state index in [9.17, 15) is 22.8 Å². The number of rotatable bonds is 4. The molecule has 1 N–H and O–H groups in total. The summed E-state index contributed by atoms with van der Waals surface area (Å²) in [6.45, 7) is 0.325. The van der Waals surface area contributed by atoms with Gasteiger partial charge in [-0.3, -0.25) is 14.6 Å². The third-order valence-electron chi connectivity index (χ3n) is 6.01. The van der Waals surface area contributed by atoms with Gasteiger partial charge in [-0.1, -0.05) is 17.7 Å². The Morgan fingerprint density at radius 2 is 1.97 bits per heavy atom. The van der Waals surface area contributed by atoms with Gasteiger partial charge in [0.25, 0.3) is 5.92 Å². The largest absolute Gasteiger partial charge is 0.344 e. The molecule has 7 nitrogen and oxygen atoms in total. The molecule has 180 valence electrons. The second kappa shape index (κ2) is 8.53. The second-order valence-electron chi connectivity index (χ2n) is 8.53. The van der Waals surface area contributed by atoms with E-state index in [4.69, 9.17) is 11.6 Å². The molecule has 2 amide bonds. The van der Waals surface area contributed by atoms with Gasteiger partial charge < -0.3 is 15.1 Å². The molecular weight excluding hydrogens is 483 g/mol. The first-order valence-electron chi connectivity index (χ1n) is 10.8. The molecule has 1 aromatic carbocycles. The van der Waals surface area contributed by atoms with Crippen molar-refractivity contribution in [3.05, 3.63) is 65.3 Å². The Kier molecular flexibility index (Phi) is 5.63. The topological polar surface area (TPSA) is 78.4 Å². The number of carbonyl (C=O) groups is 2. The summed E-state index contributed by atoms with van der Waals surface area (Å²) in [5.74, 6) is -4.89. The summed E-state index contributed by atoms with van der Waals surface area (Å²) >= 11 is 5.70. The van der Waals surface area contributed by atoms with Crippen LogP contribution < -0.4 is 15.1 Å². The molecule has 2 aromatic heterocycles. The van der Waals surface area contributed by atoms with Crippen molar-refractivity contribution in [3.8, 4) is 11.1 Å². The normalized spacial score (nSPS) is 18.3. The van der Waals surface area contributed by atoms with Crippen LogP contribution in [0.5, 0.6) is 0 Å². The standard InChI is InChI=1S/C24H19ClF3N5O2/c1-13-22-15(3-2-6-29-22)16-9-30-20(32-11-24(27,28)12-32)8-19(16)33(23(13)35)10-21(34)31-14-4-5-17(25)18(26)7-14/h2-9,13H,10-12H2,1H3,(H,31,34). The van der Waals surface area contributed by atoms with Gasteiger partial charge in [0, 0.05) is 35.3 Å². The van der Waals surface area contributed by atoms with E-state index in [-0.39, 0.29) is 16.5 Å². The zero-order valence-corrected chi connectivity index (χ0v) is 19.2. The fraction of sp³-hybridized carbons (Fsp3) is 0.250. The van der Waals surface area contributed by atoms with Crippen LogP contribution in [0.4, 0.5) is 30.4 Å². The summed E-state index contributed by atoms with van der Waals surface area (Å²) < 4.78 is 40.7. The zero-order chi connectivity index (χ0) is 24.9. The third kappa shape index (κ3) is 4.29. The molecule has 1 saturated heterocycles. The summed E-state index contributed by atoms with van der Waals surface area (Å²) in [4.78, 5) is 37.8. The Morgan fingerprint density at radius 1 is 1.20 bits per heavy atom. The lowest BCUT2D eigenvalue weighted by Gasteiger charge is -2.40. The van der Waals surface area contributed by atoms with Crippen LogP contribution in [0.3, 0.4) is 0 Å². The highest BCUT2D eigenvalue weighted by Gasteiger charge is 2.45. The van der Waals surface area contributed by atoms with E-state index in [1.807, 2.05) is 0 Å². The molecule has 1 atom stereocenters. The quantitative estimate of drug-likeness (QED) is 0.570. The van der Waals surface area contributed by atoms with Crippen molar-refractivity contribution >= 4 is 40.6 Å². The lowest BCUT2D eigenvalue weighted by molar-refractivity contribution is -0.122. The summed E-state index contributed by atoms with van der Waals surface area (Å²) in [6.07, 6.45) is 3.08. The van der Waals surface area contributed by atoms with E-state index in [0.717, 1.165) is 6.07 Å². The highest BCUT2D eigenvalue weighted by molar-refractivity contribution is 6.30. The van der Waals surface area contributed by atoms with Crippen LogP contribution >= 0.6 is 11.6 Å². The molecule has 2 aliphatic heterocycles. The predicted octanol–water partition coefficient (Wildman–Crippen LogP) is 4.48.